The summed E-state index contributed by atoms with van der Waals surface area (Å²) in [6.07, 6.45) is 0. The fourth-order valence-corrected chi connectivity index (χ4v) is 2.22. The van der Waals surface area contributed by atoms with E-state index in [1.807, 2.05) is 0 Å². The van der Waals surface area contributed by atoms with Crippen LogP contribution in [-0.4, -0.2) is 27.1 Å². The van der Waals surface area contributed by atoms with Crippen molar-refractivity contribution in [2.45, 2.75) is 0 Å². The van der Waals surface area contributed by atoms with Crippen LogP contribution in [0.2, 0.25) is 0 Å². The molecule has 0 heterocycles. The van der Waals surface area contributed by atoms with E-state index in [9.17, 15) is 9.59 Å². The number of rotatable bonds is 6. The monoisotopic (exact) mass is 232 g/mol. The summed E-state index contributed by atoms with van der Waals surface area (Å²) in [5.74, 6) is 0.566. The molecule has 0 saturated carbocycles. The van der Waals surface area contributed by atoms with E-state index in [2.05, 4.69) is 0 Å². The van der Waals surface area contributed by atoms with Gasteiger partial charge in [-0.05, 0) is 23.2 Å². The topological polar surface area (TPSA) is 34.1 Å². The number of hydrogen-bond donors (Lipinski definition) is 0. The van der Waals surface area contributed by atoms with Gasteiger partial charge in [-0.3, -0.25) is 9.59 Å². The van der Waals surface area contributed by atoms with Crippen molar-refractivity contribution in [3.05, 3.63) is 0 Å². The summed E-state index contributed by atoms with van der Waals surface area (Å²) >= 11 is 12.9. The first-order valence-electron chi connectivity index (χ1n) is 2.65. The number of halogens is 2. The molecule has 0 atom stereocenters. The molecule has 64 valence electrons. The van der Waals surface area contributed by atoms with E-state index in [1.165, 1.54) is 23.5 Å². The van der Waals surface area contributed by atoms with Crippen molar-refractivity contribution in [1.29, 1.82) is 0 Å². The van der Waals surface area contributed by atoms with Gasteiger partial charge in [0.2, 0.25) is 10.5 Å². The van der Waals surface area contributed by atoms with Crippen molar-refractivity contribution in [3.63, 3.8) is 0 Å². The molecule has 0 radical (unpaired) electrons. The zero-order valence-electron chi connectivity index (χ0n) is 5.51. The third-order valence-electron chi connectivity index (χ3n) is 0.598. The number of carbonyl (C=O) groups is 2. The maximum Gasteiger partial charge on any atom is 0.231 e. The Bertz CT molecular complexity index is 135. The van der Waals surface area contributed by atoms with E-state index in [-0.39, 0.29) is 22.0 Å². The molecule has 0 unspecified atom stereocenters. The molecule has 0 saturated heterocycles. The van der Waals surface area contributed by atoms with E-state index in [4.69, 9.17) is 23.2 Å². The molecule has 0 aromatic carbocycles. The second kappa shape index (κ2) is 7.28. The minimum atomic E-state index is -0.368. The lowest BCUT2D eigenvalue weighted by molar-refractivity contribution is -0.110. The summed E-state index contributed by atoms with van der Waals surface area (Å²) in [5, 5.41) is -0.0719. The normalized spacial score (nSPS) is 9.64. The summed E-state index contributed by atoms with van der Waals surface area (Å²) in [6, 6.07) is 0. The van der Waals surface area contributed by atoms with Gasteiger partial charge >= 0.3 is 0 Å². The zero-order valence-corrected chi connectivity index (χ0v) is 8.66. The largest absolute Gasteiger partial charge is 0.280 e. The lowest BCUT2D eigenvalue weighted by atomic mass is 10.9. The second-order valence-corrected chi connectivity index (χ2v) is 4.70. The van der Waals surface area contributed by atoms with Crippen molar-refractivity contribution in [2.75, 3.05) is 16.6 Å². The molecule has 0 aliphatic heterocycles. The van der Waals surface area contributed by atoms with Crippen LogP contribution < -0.4 is 0 Å². The average molecular weight is 233 g/mol. The summed E-state index contributed by atoms with van der Waals surface area (Å²) < 4.78 is 0. The minimum absolute atomic E-state index is 0.283. The molecule has 0 amide bonds. The summed E-state index contributed by atoms with van der Waals surface area (Å²) in [6.45, 7) is 0. The van der Waals surface area contributed by atoms with Crippen molar-refractivity contribution >= 4 is 57.2 Å². The number of hydrogen-bond acceptors (Lipinski definition) is 4. The van der Waals surface area contributed by atoms with Crippen molar-refractivity contribution < 1.29 is 9.59 Å². The van der Waals surface area contributed by atoms with Gasteiger partial charge in [0.15, 0.2) is 0 Å². The molecule has 0 aromatic heterocycles. The highest BCUT2D eigenvalue weighted by Gasteiger charge is 1.98. The van der Waals surface area contributed by atoms with Gasteiger partial charge in [0.25, 0.3) is 0 Å². The lowest BCUT2D eigenvalue weighted by Gasteiger charge is -1.94. The Morgan fingerprint density at radius 1 is 1.00 bits per heavy atom. The Morgan fingerprint density at radius 3 is 1.64 bits per heavy atom. The highest BCUT2D eigenvalue weighted by atomic mass is 35.5. The molecule has 0 N–H and O–H groups in total. The summed E-state index contributed by atoms with van der Waals surface area (Å²) in [4.78, 5) is 20.4. The summed E-state index contributed by atoms with van der Waals surface area (Å²) in [7, 11) is 0. The van der Waals surface area contributed by atoms with Gasteiger partial charge in [-0.2, -0.15) is 0 Å². The molecule has 2 nitrogen and oxygen atoms in total. The average Bonchev–Trinajstić information content (AvgIpc) is 1.85. The van der Waals surface area contributed by atoms with E-state index >= 15 is 0 Å². The minimum Gasteiger partial charge on any atom is -0.280 e. The van der Waals surface area contributed by atoms with E-state index in [1.54, 1.807) is 0 Å². The molecule has 0 aliphatic rings. The van der Waals surface area contributed by atoms with Crippen LogP contribution in [0, 0.1) is 0 Å². The Morgan fingerprint density at radius 2 is 1.36 bits per heavy atom. The maximum absolute atomic E-state index is 10.2. The van der Waals surface area contributed by atoms with Crippen LogP contribution in [0.3, 0.4) is 0 Å². The van der Waals surface area contributed by atoms with E-state index in [0.29, 0.717) is 5.08 Å². The highest BCUT2D eigenvalue weighted by Crippen LogP contribution is 2.12. The van der Waals surface area contributed by atoms with Gasteiger partial charge in [-0.25, -0.2) is 0 Å². The first kappa shape index (κ1) is 11.6. The SMILES string of the molecule is O=C(Cl)CSCSCC(=O)Cl. The Balaban J connectivity index is 3.03. The third kappa shape index (κ3) is 10.6. The van der Waals surface area contributed by atoms with Crippen LogP contribution >= 0.6 is 46.7 Å². The Labute approximate surface area is 83.4 Å². The first-order valence-corrected chi connectivity index (χ1v) is 5.71. The molecule has 0 bridgehead atoms. The molecule has 0 rings (SSSR count). The third-order valence-corrected chi connectivity index (χ3v) is 3.45. The van der Waals surface area contributed by atoms with Crippen LogP contribution in [0.1, 0.15) is 0 Å². The van der Waals surface area contributed by atoms with Crippen molar-refractivity contribution in [2.24, 2.45) is 0 Å². The van der Waals surface area contributed by atoms with Gasteiger partial charge in [0.1, 0.15) is 0 Å². The molecule has 0 aliphatic carbocycles. The van der Waals surface area contributed by atoms with Gasteiger partial charge in [-0.15, -0.1) is 23.5 Å². The molecule has 0 spiro atoms. The second-order valence-electron chi connectivity index (χ2n) is 1.53. The maximum atomic E-state index is 10.2. The fourth-order valence-electron chi connectivity index (χ4n) is 0.303. The predicted octanol–water partition coefficient (Wildman–Crippen LogP) is 1.94. The van der Waals surface area contributed by atoms with Crippen LogP contribution in [0.4, 0.5) is 0 Å². The quantitative estimate of drug-likeness (QED) is 0.399. The molecule has 11 heavy (non-hydrogen) atoms. The molecule has 6 heteroatoms. The summed E-state index contributed by atoms with van der Waals surface area (Å²) in [5.41, 5.74) is 0. The predicted molar refractivity (Wildman–Crippen MR) is 51.5 cm³/mol. The molecular formula is C5H6Cl2O2S2. The van der Waals surface area contributed by atoms with Crippen molar-refractivity contribution in [1.82, 2.24) is 0 Å². The standard InChI is InChI=1S/C5H6Cl2O2S2/c6-4(8)1-10-3-11-2-5(7)9/h1-3H2. The smallest absolute Gasteiger partial charge is 0.231 e. The first-order chi connectivity index (χ1) is 5.13. The van der Waals surface area contributed by atoms with Crippen LogP contribution in [0.25, 0.3) is 0 Å². The zero-order chi connectivity index (χ0) is 8.69. The van der Waals surface area contributed by atoms with Gasteiger partial charge in [0.05, 0.1) is 11.5 Å². The lowest BCUT2D eigenvalue weighted by Crippen LogP contribution is -1.93. The molecule has 0 fully saturated rings. The van der Waals surface area contributed by atoms with Crippen LogP contribution in [-0.2, 0) is 9.59 Å². The van der Waals surface area contributed by atoms with E-state index in [0.717, 1.165) is 0 Å². The van der Waals surface area contributed by atoms with E-state index < -0.39 is 0 Å². The van der Waals surface area contributed by atoms with Gasteiger partial charge < -0.3 is 0 Å². The Kier molecular flexibility index (Phi) is 7.69. The number of carbonyl (C=O) groups excluding carboxylic acids is 2. The van der Waals surface area contributed by atoms with Gasteiger partial charge in [0, 0.05) is 5.08 Å². The fraction of sp³-hybridized carbons (Fsp3) is 0.600. The van der Waals surface area contributed by atoms with Crippen molar-refractivity contribution in [3.8, 4) is 0 Å². The van der Waals surface area contributed by atoms with Crippen LogP contribution in [0.5, 0.6) is 0 Å². The molecule has 0 aromatic rings. The van der Waals surface area contributed by atoms with Gasteiger partial charge in [-0.1, -0.05) is 0 Å². The highest BCUT2D eigenvalue weighted by molar-refractivity contribution is 8.16. The van der Waals surface area contributed by atoms with Crippen LogP contribution in [0.15, 0.2) is 0 Å². The number of thioether (sulfide) groups is 2. The molecular weight excluding hydrogens is 227 g/mol. The Hall–Kier alpha value is 0.620.